The molecule has 1 aliphatic rings. The molecule has 1 saturated carbocycles. The number of aryl methyl sites for hydroxylation is 1. The number of aromatic nitrogens is 3. The highest BCUT2D eigenvalue weighted by molar-refractivity contribution is 5.91. The van der Waals surface area contributed by atoms with Gasteiger partial charge in [0.05, 0.1) is 17.1 Å². The molecule has 1 aliphatic carbocycles. The molecule has 7 heteroatoms. The molecule has 0 saturated heterocycles. The van der Waals surface area contributed by atoms with Crippen molar-refractivity contribution < 1.29 is 13.2 Å². The number of halogens is 3. The van der Waals surface area contributed by atoms with E-state index < -0.39 is 12.1 Å². The van der Waals surface area contributed by atoms with Gasteiger partial charge in [-0.25, -0.2) is 9.50 Å². The van der Waals surface area contributed by atoms with E-state index in [1.165, 1.54) is 0 Å². The first-order valence-corrected chi connectivity index (χ1v) is 8.50. The molecule has 0 amide bonds. The van der Waals surface area contributed by atoms with Crippen LogP contribution in [0.4, 0.5) is 19.0 Å². The molecule has 25 heavy (non-hydrogen) atoms. The predicted octanol–water partition coefficient (Wildman–Crippen LogP) is 4.72. The van der Waals surface area contributed by atoms with Crippen LogP contribution in [0.25, 0.3) is 16.6 Å². The molecule has 0 spiro atoms. The van der Waals surface area contributed by atoms with E-state index in [1.807, 2.05) is 37.3 Å². The SMILES string of the molecule is Cc1cc2nc(N[C@H]3CCC[C@H](C(F)(F)F)C3)c3ccccc3n2n1. The third kappa shape index (κ3) is 3.03. The van der Waals surface area contributed by atoms with Crippen LogP contribution >= 0.6 is 0 Å². The number of rotatable bonds is 2. The zero-order valence-electron chi connectivity index (χ0n) is 13.8. The second-order valence-electron chi connectivity index (χ2n) is 6.78. The van der Waals surface area contributed by atoms with E-state index >= 15 is 0 Å². The van der Waals surface area contributed by atoms with E-state index in [4.69, 9.17) is 0 Å². The highest BCUT2D eigenvalue weighted by Crippen LogP contribution is 2.38. The maximum Gasteiger partial charge on any atom is 0.391 e. The predicted molar refractivity (Wildman–Crippen MR) is 90.7 cm³/mol. The van der Waals surface area contributed by atoms with E-state index in [0.29, 0.717) is 17.9 Å². The largest absolute Gasteiger partial charge is 0.391 e. The van der Waals surface area contributed by atoms with Crippen molar-refractivity contribution in [2.45, 2.75) is 44.8 Å². The average molecular weight is 348 g/mol. The summed E-state index contributed by atoms with van der Waals surface area (Å²) in [4.78, 5) is 4.61. The first kappa shape index (κ1) is 16.2. The Morgan fingerprint density at radius 1 is 1.20 bits per heavy atom. The Balaban J connectivity index is 1.71. The summed E-state index contributed by atoms with van der Waals surface area (Å²) in [5.41, 5.74) is 2.44. The van der Waals surface area contributed by atoms with Crippen molar-refractivity contribution >= 4 is 22.4 Å². The fourth-order valence-electron chi connectivity index (χ4n) is 3.70. The van der Waals surface area contributed by atoms with E-state index in [0.717, 1.165) is 23.0 Å². The lowest BCUT2D eigenvalue weighted by Crippen LogP contribution is -2.34. The first-order chi connectivity index (χ1) is 11.9. The molecule has 4 rings (SSSR count). The zero-order chi connectivity index (χ0) is 17.6. The van der Waals surface area contributed by atoms with Crippen LogP contribution in [0.3, 0.4) is 0 Å². The summed E-state index contributed by atoms with van der Waals surface area (Å²) in [5, 5.41) is 8.59. The maximum atomic E-state index is 13.1. The fraction of sp³-hybridized carbons (Fsp3) is 0.444. The summed E-state index contributed by atoms with van der Waals surface area (Å²) in [6, 6.07) is 9.34. The fourth-order valence-corrected chi connectivity index (χ4v) is 3.70. The topological polar surface area (TPSA) is 42.2 Å². The molecular formula is C18H19F3N4. The molecule has 1 aromatic carbocycles. The van der Waals surface area contributed by atoms with Crippen LogP contribution in [0.2, 0.25) is 0 Å². The van der Waals surface area contributed by atoms with Gasteiger partial charge in [0, 0.05) is 17.5 Å². The van der Waals surface area contributed by atoms with E-state index in [-0.39, 0.29) is 18.9 Å². The number of hydrogen-bond acceptors (Lipinski definition) is 3. The smallest absolute Gasteiger partial charge is 0.367 e. The maximum absolute atomic E-state index is 13.1. The minimum atomic E-state index is -4.12. The lowest BCUT2D eigenvalue weighted by Gasteiger charge is -2.31. The molecule has 3 aromatic rings. The van der Waals surface area contributed by atoms with Crippen LogP contribution in [0.15, 0.2) is 30.3 Å². The molecule has 4 nitrogen and oxygen atoms in total. The van der Waals surface area contributed by atoms with Crippen LogP contribution in [0, 0.1) is 12.8 Å². The van der Waals surface area contributed by atoms with Gasteiger partial charge in [0.1, 0.15) is 5.82 Å². The van der Waals surface area contributed by atoms with Gasteiger partial charge in [-0.15, -0.1) is 0 Å². The van der Waals surface area contributed by atoms with Crippen molar-refractivity contribution in [1.82, 2.24) is 14.6 Å². The normalized spacial score (nSPS) is 21.8. The number of nitrogens with zero attached hydrogens (tertiary/aromatic N) is 3. The van der Waals surface area contributed by atoms with Crippen molar-refractivity contribution in [3.8, 4) is 0 Å². The molecule has 2 atom stereocenters. The molecule has 132 valence electrons. The van der Waals surface area contributed by atoms with Gasteiger partial charge in [0.2, 0.25) is 0 Å². The zero-order valence-corrected chi connectivity index (χ0v) is 13.8. The highest BCUT2D eigenvalue weighted by Gasteiger charge is 2.42. The van der Waals surface area contributed by atoms with Gasteiger partial charge in [-0.2, -0.15) is 18.3 Å². The molecule has 2 aromatic heterocycles. The number of benzene rings is 1. The summed E-state index contributed by atoms with van der Waals surface area (Å²) < 4.78 is 41.0. The van der Waals surface area contributed by atoms with Crippen molar-refractivity contribution in [3.05, 3.63) is 36.0 Å². The van der Waals surface area contributed by atoms with Crippen molar-refractivity contribution in [2.75, 3.05) is 5.32 Å². The number of alkyl halides is 3. The Bertz CT molecular complexity index is 916. The Morgan fingerprint density at radius 2 is 2.00 bits per heavy atom. The van der Waals surface area contributed by atoms with Gasteiger partial charge in [-0.05, 0) is 38.3 Å². The molecule has 1 fully saturated rings. The number of hydrogen-bond donors (Lipinski definition) is 1. The Kier molecular flexibility index (Phi) is 3.81. The summed E-state index contributed by atoms with van der Waals surface area (Å²) in [6.07, 6.45) is -2.50. The third-order valence-corrected chi connectivity index (χ3v) is 4.90. The minimum Gasteiger partial charge on any atom is -0.367 e. The number of anilines is 1. The number of fused-ring (bicyclic) bond motifs is 3. The van der Waals surface area contributed by atoms with Crippen LogP contribution in [0.5, 0.6) is 0 Å². The Morgan fingerprint density at radius 3 is 2.80 bits per heavy atom. The van der Waals surface area contributed by atoms with E-state index in [9.17, 15) is 13.2 Å². The molecule has 0 aliphatic heterocycles. The second-order valence-corrected chi connectivity index (χ2v) is 6.78. The Labute approximate surface area is 143 Å². The van der Waals surface area contributed by atoms with Gasteiger partial charge in [-0.1, -0.05) is 18.6 Å². The average Bonchev–Trinajstić information content (AvgIpc) is 2.95. The monoisotopic (exact) mass is 348 g/mol. The quantitative estimate of drug-likeness (QED) is 0.728. The summed E-state index contributed by atoms with van der Waals surface area (Å²) >= 11 is 0. The van der Waals surface area contributed by atoms with Gasteiger partial charge >= 0.3 is 6.18 Å². The van der Waals surface area contributed by atoms with Crippen LogP contribution < -0.4 is 5.32 Å². The van der Waals surface area contributed by atoms with Crippen LogP contribution in [-0.4, -0.2) is 26.8 Å². The van der Waals surface area contributed by atoms with Crippen LogP contribution in [-0.2, 0) is 0 Å². The molecule has 0 unspecified atom stereocenters. The van der Waals surface area contributed by atoms with E-state index in [2.05, 4.69) is 15.4 Å². The molecule has 1 N–H and O–H groups in total. The van der Waals surface area contributed by atoms with Crippen molar-refractivity contribution in [2.24, 2.45) is 5.92 Å². The molecule has 0 bridgehead atoms. The lowest BCUT2D eigenvalue weighted by atomic mass is 9.85. The first-order valence-electron chi connectivity index (χ1n) is 8.50. The lowest BCUT2D eigenvalue weighted by molar-refractivity contribution is -0.182. The summed E-state index contributed by atoms with van der Waals surface area (Å²) in [7, 11) is 0. The highest BCUT2D eigenvalue weighted by atomic mass is 19.4. The number of para-hydroxylation sites is 1. The minimum absolute atomic E-state index is 0.100. The Hall–Kier alpha value is -2.31. The molecule has 0 radical (unpaired) electrons. The van der Waals surface area contributed by atoms with Crippen molar-refractivity contribution in [3.63, 3.8) is 0 Å². The van der Waals surface area contributed by atoms with Crippen molar-refractivity contribution in [1.29, 1.82) is 0 Å². The second kappa shape index (κ2) is 5.89. The standard InChI is InChI=1S/C18H19F3N4/c1-11-9-16-23-17(14-7-2-3-8-15(14)25(16)24-11)22-13-6-4-5-12(10-13)18(19,20)21/h2-3,7-9,12-13H,4-6,10H2,1H3,(H,22,23)/t12-,13-/m0/s1. The molecular weight excluding hydrogens is 329 g/mol. The van der Waals surface area contributed by atoms with Crippen LogP contribution in [0.1, 0.15) is 31.4 Å². The summed E-state index contributed by atoms with van der Waals surface area (Å²) in [6.45, 7) is 1.89. The van der Waals surface area contributed by atoms with Gasteiger partial charge < -0.3 is 5.32 Å². The summed E-state index contributed by atoms with van der Waals surface area (Å²) in [5.74, 6) is -0.596. The van der Waals surface area contributed by atoms with Gasteiger partial charge in [0.25, 0.3) is 0 Å². The van der Waals surface area contributed by atoms with Gasteiger partial charge in [0.15, 0.2) is 5.65 Å². The number of nitrogens with one attached hydrogen (secondary N) is 1. The van der Waals surface area contributed by atoms with E-state index in [1.54, 1.807) is 4.52 Å². The molecule has 2 heterocycles. The third-order valence-electron chi connectivity index (χ3n) is 4.90. The van der Waals surface area contributed by atoms with Gasteiger partial charge in [-0.3, -0.25) is 0 Å².